The van der Waals surface area contributed by atoms with E-state index in [1.165, 1.54) is 11.3 Å². The summed E-state index contributed by atoms with van der Waals surface area (Å²) >= 11 is 1.22. The maximum atomic E-state index is 13.7. The SMILES string of the molecule is Cc1ccc(Oc2ccccc2)cc1N1C(=O)Nc2c(C(=O)NC3CCCN(C(=O)/C(C#N)=C/C4CC4)C3)sc3nccc1c23. The van der Waals surface area contributed by atoms with Gasteiger partial charge in [-0.1, -0.05) is 30.3 Å². The third-order valence-corrected chi connectivity index (χ3v) is 9.37. The summed E-state index contributed by atoms with van der Waals surface area (Å²) in [4.78, 5) is 49.2. The van der Waals surface area contributed by atoms with Gasteiger partial charge >= 0.3 is 6.03 Å². The van der Waals surface area contributed by atoms with Gasteiger partial charge in [0.1, 0.15) is 32.8 Å². The number of anilines is 3. The van der Waals surface area contributed by atoms with Crippen molar-refractivity contribution in [1.82, 2.24) is 15.2 Å². The predicted octanol–water partition coefficient (Wildman–Crippen LogP) is 6.66. The van der Waals surface area contributed by atoms with Crippen molar-refractivity contribution in [2.45, 2.75) is 38.6 Å². The van der Waals surface area contributed by atoms with Crippen LogP contribution in [-0.4, -0.2) is 46.9 Å². The maximum Gasteiger partial charge on any atom is 0.331 e. The van der Waals surface area contributed by atoms with Crippen molar-refractivity contribution in [2.24, 2.45) is 5.92 Å². The molecule has 2 N–H and O–H groups in total. The number of thiophene rings is 1. The first-order valence-electron chi connectivity index (χ1n) is 15.0. The fourth-order valence-electron chi connectivity index (χ4n) is 5.86. The number of benzene rings is 2. The number of amides is 4. The van der Waals surface area contributed by atoms with Gasteiger partial charge in [-0.3, -0.25) is 14.5 Å². The Bertz CT molecular complexity index is 1910. The number of nitriles is 1. The van der Waals surface area contributed by atoms with E-state index in [0.29, 0.717) is 75.5 Å². The summed E-state index contributed by atoms with van der Waals surface area (Å²) in [6.07, 6.45) is 6.84. The summed E-state index contributed by atoms with van der Waals surface area (Å²) in [7, 11) is 0. The number of likely N-dealkylation sites (tertiary alicyclic amines) is 1. The van der Waals surface area contributed by atoms with Gasteiger partial charge in [0.2, 0.25) is 0 Å². The van der Waals surface area contributed by atoms with E-state index >= 15 is 0 Å². The van der Waals surface area contributed by atoms with Crippen LogP contribution in [0, 0.1) is 24.2 Å². The average molecular weight is 619 g/mol. The van der Waals surface area contributed by atoms with Crippen LogP contribution in [0.2, 0.25) is 0 Å². The summed E-state index contributed by atoms with van der Waals surface area (Å²) in [5, 5.41) is 16.3. The highest BCUT2D eigenvalue weighted by Gasteiger charge is 2.35. The van der Waals surface area contributed by atoms with Crippen molar-refractivity contribution in [3.8, 4) is 17.6 Å². The number of nitrogens with one attached hydrogen (secondary N) is 2. The first kappa shape index (κ1) is 28.6. The zero-order valence-electron chi connectivity index (χ0n) is 24.6. The molecule has 1 aliphatic carbocycles. The lowest BCUT2D eigenvalue weighted by Gasteiger charge is -2.33. The van der Waals surface area contributed by atoms with Crippen molar-refractivity contribution in [2.75, 3.05) is 23.3 Å². The molecule has 2 aliphatic heterocycles. The van der Waals surface area contributed by atoms with E-state index in [0.717, 1.165) is 18.4 Å². The summed E-state index contributed by atoms with van der Waals surface area (Å²) in [6.45, 7) is 2.78. The number of aromatic nitrogens is 1. The largest absolute Gasteiger partial charge is 0.457 e. The van der Waals surface area contributed by atoms with Crippen LogP contribution < -0.4 is 20.3 Å². The van der Waals surface area contributed by atoms with Crippen LogP contribution in [0.4, 0.5) is 21.9 Å². The Morgan fingerprint density at radius 2 is 1.93 bits per heavy atom. The Labute approximate surface area is 263 Å². The fraction of sp³-hybridized carbons (Fsp3) is 0.265. The Morgan fingerprint density at radius 3 is 2.71 bits per heavy atom. The van der Waals surface area contributed by atoms with E-state index in [2.05, 4.69) is 21.7 Å². The number of urea groups is 1. The summed E-state index contributed by atoms with van der Waals surface area (Å²) in [6, 6.07) is 18.2. The van der Waals surface area contributed by atoms with Crippen molar-refractivity contribution in [3.05, 3.63) is 82.9 Å². The van der Waals surface area contributed by atoms with Crippen LogP contribution in [0.25, 0.3) is 10.2 Å². The number of para-hydroxylation sites is 1. The number of pyridine rings is 1. The van der Waals surface area contributed by atoms with E-state index in [9.17, 15) is 19.6 Å². The quantitative estimate of drug-likeness (QED) is 0.176. The number of carbonyl (C=O) groups excluding carboxylic acids is 3. The molecule has 1 saturated carbocycles. The third kappa shape index (κ3) is 5.60. The Hall–Kier alpha value is -5.21. The van der Waals surface area contributed by atoms with E-state index in [-0.39, 0.29) is 23.4 Å². The molecule has 0 bridgehead atoms. The van der Waals surface area contributed by atoms with Crippen molar-refractivity contribution in [1.29, 1.82) is 5.26 Å². The molecular formula is C34H30N6O4S. The van der Waals surface area contributed by atoms with Gasteiger partial charge in [-0.25, -0.2) is 9.78 Å². The fourth-order valence-corrected chi connectivity index (χ4v) is 6.88. The summed E-state index contributed by atoms with van der Waals surface area (Å²) < 4.78 is 6.05. The molecule has 0 radical (unpaired) electrons. The zero-order valence-corrected chi connectivity index (χ0v) is 25.4. The van der Waals surface area contributed by atoms with E-state index < -0.39 is 6.03 Å². The Kier molecular flexibility index (Phi) is 7.43. The van der Waals surface area contributed by atoms with Gasteiger partial charge in [0.15, 0.2) is 0 Å². The number of aryl methyl sites for hydroxylation is 1. The van der Waals surface area contributed by atoms with Crippen molar-refractivity contribution < 1.29 is 19.1 Å². The molecule has 1 atom stereocenters. The number of allylic oxidation sites excluding steroid dienone is 1. The van der Waals surface area contributed by atoms with Crippen molar-refractivity contribution >= 4 is 56.5 Å². The first-order valence-corrected chi connectivity index (χ1v) is 15.8. The van der Waals surface area contributed by atoms with Crippen LogP contribution >= 0.6 is 11.3 Å². The van der Waals surface area contributed by atoms with E-state index in [1.54, 1.807) is 28.1 Å². The molecule has 45 heavy (non-hydrogen) atoms. The second kappa shape index (κ2) is 11.7. The average Bonchev–Trinajstić information content (AvgIpc) is 3.80. The van der Waals surface area contributed by atoms with Gasteiger partial charge in [0, 0.05) is 31.4 Å². The number of piperidine rings is 1. The molecule has 7 rings (SSSR count). The number of hydrogen-bond acceptors (Lipinski definition) is 7. The normalized spacial score (nSPS) is 17.9. The van der Waals surface area contributed by atoms with Crippen LogP contribution in [0.3, 0.4) is 0 Å². The Morgan fingerprint density at radius 1 is 1.11 bits per heavy atom. The highest BCUT2D eigenvalue weighted by atomic mass is 32.1. The van der Waals surface area contributed by atoms with Gasteiger partial charge in [-0.05, 0) is 68.4 Å². The maximum absolute atomic E-state index is 13.7. The van der Waals surface area contributed by atoms with Crippen molar-refractivity contribution in [3.63, 3.8) is 0 Å². The molecule has 4 heterocycles. The van der Waals surface area contributed by atoms with Crippen LogP contribution in [0.1, 0.15) is 40.9 Å². The smallest absolute Gasteiger partial charge is 0.331 e. The third-order valence-electron chi connectivity index (χ3n) is 8.27. The minimum absolute atomic E-state index is 0.177. The van der Waals surface area contributed by atoms with Crippen LogP contribution in [0.15, 0.2) is 72.4 Å². The molecule has 0 spiro atoms. The van der Waals surface area contributed by atoms with Gasteiger partial charge in [0.25, 0.3) is 11.8 Å². The monoisotopic (exact) mass is 618 g/mol. The lowest BCUT2D eigenvalue weighted by Crippen LogP contribution is -2.50. The molecular weight excluding hydrogens is 588 g/mol. The van der Waals surface area contributed by atoms with E-state index in [4.69, 9.17) is 4.74 Å². The molecule has 4 aromatic rings. The molecule has 2 aromatic heterocycles. The topological polar surface area (TPSA) is 128 Å². The molecule has 1 saturated heterocycles. The predicted molar refractivity (Wildman–Crippen MR) is 172 cm³/mol. The molecule has 226 valence electrons. The minimum atomic E-state index is -0.400. The number of rotatable bonds is 7. The summed E-state index contributed by atoms with van der Waals surface area (Å²) in [5.74, 6) is 0.962. The molecule has 3 aliphatic rings. The molecule has 2 fully saturated rings. The molecule has 11 heteroatoms. The van der Waals surface area contributed by atoms with Gasteiger partial charge in [0.05, 0.1) is 22.4 Å². The lowest BCUT2D eigenvalue weighted by atomic mass is 10.0. The number of carbonyl (C=O) groups is 3. The van der Waals surface area contributed by atoms with Crippen LogP contribution in [-0.2, 0) is 4.79 Å². The molecule has 1 unspecified atom stereocenters. The second-order valence-corrected chi connectivity index (χ2v) is 12.5. The Balaban J connectivity index is 1.15. The molecule has 10 nitrogen and oxygen atoms in total. The van der Waals surface area contributed by atoms with Gasteiger partial charge in [-0.15, -0.1) is 11.3 Å². The molecule has 4 amide bonds. The van der Waals surface area contributed by atoms with Gasteiger partial charge < -0.3 is 20.3 Å². The second-order valence-electron chi connectivity index (χ2n) is 11.5. The number of hydrogen-bond donors (Lipinski definition) is 2. The molecule has 2 aromatic carbocycles. The zero-order chi connectivity index (χ0) is 31.1. The van der Waals surface area contributed by atoms with Crippen LogP contribution in [0.5, 0.6) is 11.5 Å². The summed E-state index contributed by atoms with van der Waals surface area (Å²) in [5.41, 5.74) is 2.74. The number of ether oxygens (including phenoxy) is 1. The lowest BCUT2D eigenvalue weighted by molar-refractivity contribution is -0.128. The number of nitrogens with zero attached hydrogens (tertiary/aromatic N) is 4. The minimum Gasteiger partial charge on any atom is -0.457 e. The van der Waals surface area contributed by atoms with E-state index in [1.807, 2.05) is 55.5 Å². The standard InChI is InChI=1S/C34H30N6O4S/c1-20-9-12-25(44-24-7-3-2-4-8-24)17-27(20)40-26-13-14-36-32-28(26)29(38-34(40)43)30(45-32)31(41)37-23-6-5-15-39(19-23)33(42)22(18-35)16-21-10-11-21/h2-4,7-9,12-14,16-17,21,23H,5-6,10-11,15,19H2,1H3,(H,37,41)(H,38,43)/b22-16+. The highest BCUT2D eigenvalue weighted by molar-refractivity contribution is 7.21. The first-order chi connectivity index (χ1) is 21.9. The van der Waals surface area contributed by atoms with Gasteiger partial charge in [-0.2, -0.15) is 5.26 Å². The highest BCUT2D eigenvalue weighted by Crippen LogP contribution is 2.47.